The van der Waals surface area contributed by atoms with Crippen LogP contribution in [0.25, 0.3) is 11.3 Å². The summed E-state index contributed by atoms with van der Waals surface area (Å²) in [6.07, 6.45) is -8.21. The largest absolute Gasteiger partial charge is 0.481 e. The first kappa shape index (κ1) is 30.9. The normalized spacial score (nSPS) is 16.6. The number of aryl methyl sites for hydroxylation is 1. The van der Waals surface area contributed by atoms with Crippen molar-refractivity contribution in [3.8, 4) is 11.3 Å². The molecule has 2 atom stereocenters. The average molecular weight is 594 g/mol. The van der Waals surface area contributed by atoms with Gasteiger partial charge in [-0.2, -0.15) is 26.3 Å². The van der Waals surface area contributed by atoms with E-state index in [0.29, 0.717) is 47.3 Å². The van der Waals surface area contributed by atoms with Crippen molar-refractivity contribution in [1.29, 1.82) is 0 Å². The Hall–Kier alpha value is -4.09. The van der Waals surface area contributed by atoms with Gasteiger partial charge in [-0.15, -0.1) is 0 Å². The molecular weight excluding hydrogens is 564 g/mol. The Labute approximate surface area is 238 Å². The van der Waals surface area contributed by atoms with Crippen LogP contribution in [0.15, 0.2) is 60.8 Å². The highest BCUT2D eigenvalue weighted by molar-refractivity contribution is 5.95. The highest BCUT2D eigenvalue weighted by Crippen LogP contribution is 2.35. The third-order valence-electron chi connectivity index (χ3n) is 7.28. The standard InChI is InChI=1S/C30H29F6N3O3/c1-18-15-20(26-16-22(11-13-37-26)30(34,35)36)6-9-24(18)25(10-12-29(31,32)33)38-23-7-4-19(5-8-23)27(40)39-14-2-3-21(17-39)28(41)42/h4-9,11,13,15-16,21,25,38H,2-3,10,12,14,17H2,1H3,(H,41,42)/t21-,25?/m1/s1. The molecule has 2 N–H and O–H groups in total. The smallest absolute Gasteiger partial charge is 0.416 e. The minimum atomic E-state index is -4.55. The summed E-state index contributed by atoms with van der Waals surface area (Å²) in [5.41, 5.74) is 1.50. The van der Waals surface area contributed by atoms with Crippen molar-refractivity contribution in [3.05, 3.63) is 83.0 Å². The number of carbonyl (C=O) groups excluding carboxylic acids is 1. The van der Waals surface area contributed by atoms with E-state index in [2.05, 4.69) is 10.3 Å². The molecule has 0 saturated carbocycles. The molecule has 1 unspecified atom stereocenters. The number of benzene rings is 2. The topological polar surface area (TPSA) is 82.5 Å². The molecule has 1 amide bonds. The number of halogens is 6. The predicted octanol–water partition coefficient (Wildman–Crippen LogP) is 7.51. The number of rotatable bonds is 8. The predicted molar refractivity (Wildman–Crippen MR) is 144 cm³/mol. The van der Waals surface area contributed by atoms with Gasteiger partial charge in [0, 0.05) is 42.5 Å². The van der Waals surface area contributed by atoms with Crippen LogP contribution in [0.4, 0.5) is 32.0 Å². The summed E-state index contributed by atoms with van der Waals surface area (Å²) in [7, 11) is 0. The van der Waals surface area contributed by atoms with Gasteiger partial charge in [-0.1, -0.05) is 12.1 Å². The van der Waals surface area contributed by atoms with Crippen LogP contribution in [-0.4, -0.2) is 46.1 Å². The van der Waals surface area contributed by atoms with Crippen LogP contribution < -0.4 is 5.32 Å². The first-order valence-corrected chi connectivity index (χ1v) is 13.3. The van der Waals surface area contributed by atoms with Crippen molar-refractivity contribution < 1.29 is 41.0 Å². The molecule has 1 saturated heterocycles. The Kier molecular flexibility index (Phi) is 9.12. The number of hydrogen-bond acceptors (Lipinski definition) is 4. The van der Waals surface area contributed by atoms with E-state index in [1.165, 1.54) is 23.1 Å². The number of carboxylic acid groups (broad SMARTS) is 1. The van der Waals surface area contributed by atoms with Crippen LogP contribution >= 0.6 is 0 Å². The number of nitrogens with one attached hydrogen (secondary N) is 1. The van der Waals surface area contributed by atoms with E-state index in [1.54, 1.807) is 31.2 Å². The first-order valence-electron chi connectivity index (χ1n) is 13.3. The maximum absolute atomic E-state index is 13.2. The molecule has 0 bridgehead atoms. The van der Waals surface area contributed by atoms with E-state index in [-0.39, 0.29) is 24.6 Å². The second-order valence-corrected chi connectivity index (χ2v) is 10.4. The number of piperidine rings is 1. The molecule has 4 rings (SSSR count). The number of hydrogen-bond donors (Lipinski definition) is 2. The van der Waals surface area contributed by atoms with Crippen molar-refractivity contribution in [1.82, 2.24) is 9.88 Å². The molecule has 0 spiro atoms. The van der Waals surface area contributed by atoms with E-state index < -0.39 is 42.3 Å². The molecule has 6 nitrogen and oxygen atoms in total. The zero-order chi connectivity index (χ0) is 30.7. The van der Waals surface area contributed by atoms with E-state index >= 15 is 0 Å². The first-order chi connectivity index (χ1) is 19.7. The zero-order valence-corrected chi connectivity index (χ0v) is 22.6. The fourth-order valence-corrected chi connectivity index (χ4v) is 5.06. The molecule has 3 aromatic rings. The van der Waals surface area contributed by atoms with Gasteiger partial charge in [-0.25, -0.2) is 0 Å². The summed E-state index contributed by atoms with van der Waals surface area (Å²) >= 11 is 0. The maximum atomic E-state index is 13.2. The molecule has 1 aliphatic rings. The van der Waals surface area contributed by atoms with Crippen molar-refractivity contribution in [3.63, 3.8) is 0 Å². The highest BCUT2D eigenvalue weighted by atomic mass is 19.4. The Morgan fingerprint density at radius 3 is 2.38 bits per heavy atom. The fourth-order valence-electron chi connectivity index (χ4n) is 5.06. The van der Waals surface area contributed by atoms with Crippen LogP contribution in [-0.2, 0) is 11.0 Å². The summed E-state index contributed by atoms with van der Waals surface area (Å²) in [6.45, 7) is 2.21. The lowest BCUT2D eigenvalue weighted by atomic mass is 9.94. The highest BCUT2D eigenvalue weighted by Gasteiger charge is 2.32. The summed E-state index contributed by atoms with van der Waals surface area (Å²) in [5, 5.41) is 12.4. The second kappa shape index (κ2) is 12.4. The number of aromatic nitrogens is 1. The maximum Gasteiger partial charge on any atom is 0.416 e. The van der Waals surface area contributed by atoms with E-state index in [1.807, 2.05) is 0 Å². The molecule has 42 heavy (non-hydrogen) atoms. The van der Waals surface area contributed by atoms with Gasteiger partial charge < -0.3 is 15.3 Å². The van der Waals surface area contributed by atoms with Gasteiger partial charge in [0.15, 0.2) is 0 Å². The minimum absolute atomic E-state index is 0.0860. The number of likely N-dealkylation sites (tertiary alicyclic amines) is 1. The Morgan fingerprint density at radius 2 is 1.76 bits per heavy atom. The van der Waals surface area contributed by atoms with Crippen LogP contribution in [0, 0.1) is 12.8 Å². The SMILES string of the molecule is Cc1cc(-c2cc(C(F)(F)F)ccn2)ccc1C(CCC(F)(F)F)Nc1ccc(C(=O)N2CCC[C@@H](C(=O)O)C2)cc1. The molecule has 2 aromatic carbocycles. The van der Waals surface area contributed by atoms with E-state index in [9.17, 15) is 41.0 Å². The molecular formula is C30H29F6N3O3. The van der Waals surface area contributed by atoms with Gasteiger partial charge in [0.2, 0.25) is 0 Å². The number of alkyl halides is 6. The van der Waals surface area contributed by atoms with Crippen LogP contribution in [0.5, 0.6) is 0 Å². The quantitative estimate of drug-likeness (QED) is 0.264. The lowest BCUT2D eigenvalue weighted by molar-refractivity contribution is -0.143. The molecule has 1 aromatic heterocycles. The third-order valence-corrected chi connectivity index (χ3v) is 7.28. The summed E-state index contributed by atoms with van der Waals surface area (Å²) < 4.78 is 79.0. The number of nitrogens with zero attached hydrogens (tertiary/aromatic N) is 2. The summed E-state index contributed by atoms with van der Waals surface area (Å²) in [5.74, 6) is -1.90. The van der Waals surface area contributed by atoms with E-state index in [0.717, 1.165) is 18.3 Å². The monoisotopic (exact) mass is 593 g/mol. The lowest BCUT2D eigenvalue weighted by Gasteiger charge is -2.30. The summed E-state index contributed by atoms with van der Waals surface area (Å²) in [6, 6.07) is 11.9. The number of aliphatic carboxylic acids is 1. The van der Waals surface area contributed by atoms with Crippen molar-refractivity contribution >= 4 is 17.6 Å². The zero-order valence-electron chi connectivity index (χ0n) is 22.6. The van der Waals surface area contributed by atoms with Crippen molar-refractivity contribution in [2.75, 3.05) is 18.4 Å². The molecule has 0 aliphatic carbocycles. The molecule has 2 heterocycles. The van der Waals surface area contributed by atoms with Crippen LogP contribution in [0.3, 0.4) is 0 Å². The molecule has 0 radical (unpaired) electrons. The van der Waals surface area contributed by atoms with Gasteiger partial charge in [0.05, 0.1) is 23.2 Å². The molecule has 1 aliphatic heterocycles. The lowest BCUT2D eigenvalue weighted by Crippen LogP contribution is -2.42. The van der Waals surface area contributed by atoms with Gasteiger partial charge in [-0.05, 0) is 79.8 Å². The van der Waals surface area contributed by atoms with Gasteiger partial charge in [-0.3, -0.25) is 14.6 Å². The fraction of sp³-hybridized carbons (Fsp3) is 0.367. The third kappa shape index (κ3) is 7.80. The molecule has 1 fully saturated rings. The number of anilines is 1. The summed E-state index contributed by atoms with van der Waals surface area (Å²) in [4.78, 5) is 29.8. The number of carboxylic acids is 1. The van der Waals surface area contributed by atoms with Gasteiger partial charge in [0.25, 0.3) is 5.91 Å². The average Bonchev–Trinajstić information content (AvgIpc) is 2.94. The Morgan fingerprint density at radius 1 is 1.05 bits per heavy atom. The Bertz CT molecular complexity index is 1420. The molecule has 12 heteroatoms. The molecule has 224 valence electrons. The van der Waals surface area contributed by atoms with Crippen molar-refractivity contribution in [2.24, 2.45) is 5.92 Å². The van der Waals surface area contributed by atoms with E-state index in [4.69, 9.17) is 0 Å². The van der Waals surface area contributed by atoms with Gasteiger partial charge in [0.1, 0.15) is 0 Å². The number of pyridine rings is 1. The second-order valence-electron chi connectivity index (χ2n) is 10.4. The van der Waals surface area contributed by atoms with Crippen molar-refractivity contribution in [2.45, 2.75) is 51.0 Å². The Balaban J connectivity index is 1.54. The van der Waals surface area contributed by atoms with Crippen LogP contribution in [0.1, 0.15) is 58.8 Å². The van der Waals surface area contributed by atoms with Gasteiger partial charge >= 0.3 is 18.3 Å². The minimum Gasteiger partial charge on any atom is -0.481 e. The number of carbonyl (C=O) groups is 2. The van der Waals surface area contributed by atoms with Crippen LogP contribution in [0.2, 0.25) is 0 Å². The number of amides is 1.